The molecule has 0 radical (unpaired) electrons. The van der Waals surface area contributed by atoms with Crippen molar-refractivity contribution in [2.45, 2.75) is 0 Å². The van der Waals surface area contributed by atoms with Gasteiger partial charge in [0.15, 0.2) is 0 Å². The minimum absolute atomic E-state index is 0. The summed E-state index contributed by atoms with van der Waals surface area (Å²) < 4.78 is 9.20. The number of halogens is 2. The maximum Gasteiger partial charge on any atom is 1.00 e. The van der Waals surface area contributed by atoms with Crippen molar-refractivity contribution in [1.82, 2.24) is 0 Å². The molecule has 0 bridgehead atoms. The van der Waals surface area contributed by atoms with Gasteiger partial charge >= 0.3 is 31.1 Å². The van der Waals surface area contributed by atoms with Crippen LogP contribution in [-0.2, 0) is 3.80 Å². The summed E-state index contributed by atoms with van der Waals surface area (Å²) in [6, 6.07) is 0. The zero-order valence-corrected chi connectivity index (χ0v) is 5.41. The molecule has 0 fully saturated rings. The first-order valence-corrected chi connectivity index (χ1v) is 4.64. The van der Waals surface area contributed by atoms with E-state index < -0.39 is 12.2 Å². The van der Waals surface area contributed by atoms with E-state index in [2.05, 4.69) is 20.1 Å². The van der Waals surface area contributed by atoms with Crippen molar-refractivity contribution < 1.29 is 22.7 Å². The summed E-state index contributed by atoms with van der Waals surface area (Å²) in [6.45, 7) is 0. The molecule has 1 nitrogen and oxygen atoms in total. The second kappa shape index (κ2) is 5.51. The fourth-order valence-corrected chi connectivity index (χ4v) is 0. The smallest absolute Gasteiger partial charge is 0.671 e. The molecule has 24 valence electrons. The molecule has 0 aromatic carbocycles. The van der Waals surface area contributed by atoms with Gasteiger partial charge in [-0.1, -0.05) is 0 Å². The van der Waals surface area contributed by atoms with Gasteiger partial charge in [-0.3, -0.25) is 0 Å². The first kappa shape index (κ1) is 9.72. The fraction of sp³-hybridized carbons (Fsp3) is 0. The summed E-state index contributed by atoms with van der Waals surface area (Å²) in [5.74, 6) is 0. The Bertz CT molecular complexity index is 32.6. The number of hydrogen-bond donors (Lipinski definition) is 0. The van der Waals surface area contributed by atoms with Gasteiger partial charge in [-0.2, -0.15) is 0 Å². The van der Waals surface area contributed by atoms with E-state index in [-0.39, 0.29) is 18.9 Å². The molecule has 0 rings (SSSR count). The topological polar surface area (TPSA) is 17.1 Å². The van der Waals surface area contributed by atoms with Gasteiger partial charge in [0.2, 0.25) is 0 Å². The predicted molar refractivity (Wildman–Crippen MR) is 18.1 cm³/mol. The Morgan fingerprint density at radius 1 is 1.40 bits per heavy atom. The molecule has 0 aromatic rings. The third kappa shape index (κ3) is 29.8. The van der Waals surface area contributed by atoms with Crippen LogP contribution in [0.1, 0.15) is 0 Å². The van der Waals surface area contributed by atoms with Crippen LogP contribution < -0.4 is 18.9 Å². The van der Waals surface area contributed by atoms with Gasteiger partial charge in [-0.15, -0.1) is 0 Å². The minimum Gasteiger partial charge on any atom is -0.671 e. The van der Waals surface area contributed by atoms with Crippen molar-refractivity contribution in [1.29, 1.82) is 0 Å². The summed E-state index contributed by atoms with van der Waals surface area (Å²) >= 11 is -2.44. The monoisotopic (exact) mass is 120 g/mol. The van der Waals surface area contributed by atoms with Crippen LogP contribution in [0.2, 0.25) is 0 Å². The van der Waals surface area contributed by atoms with Crippen molar-refractivity contribution in [3.8, 4) is 0 Å². The summed E-state index contributed by atoms with van der Waals surface area (Å²) in [6.07, 6.45) is 0. The quantitative estimate of drug-likeness (QED) is 0.335. The largest absolute Gasteiger partial charge is 1.00 e. The van der Waals surface area contributed by atoms with Crippen LogP contribution in [0, 0.1) is 0 Å². The number of hydrogen-bond acceptors (Lipinski definition) is 1. The Balaban J connectivity index is 0. The predicted octanol–water partition coefficient (Wildman–Crippen LogP) is -2.12. The molecule has 0 spiro atoms. The van der Waals surface area contributed by atoms with Gasteiger partial charge in [0.25, 0.3) is 0 Å². The molecule has 0 atom stereocenters. The van der Waals surface area contributed by atoms with E-state index in [4.69, 9.17) is 0 Å². The van der Waals surface area contributed by atoms with Gasteiger partial charge in [0.1, 0.15) is 0 Å². The van der Waals surface area contributed by atoms with Crippen LogP contribution in [0.5, 0.6) is 0 Å². The van der Waals surface area contributed by atoms with Crippen LogP contribution in [0.4, 0.5) is 0 Å². The normalized spacial score (nSPS) is 5.20. The molecule has 0 amide bonds. The van der Waals surface area contributed by atoms with Crippen LogP contribution in [0.15, 0.2) is 0 Å². The van der Waals surface area contributed by atoms with Gasteiger partial charge in [0, 0.05) is 0 Å². The summed E-state index contributed by atoms with van der Waals surface area (Å²) in [7, 11) is 9.25. The number of rotatable bonds is 0. The Labute approximate surface area is 54.8 Å². The van der Waals surface area contributed by atoms with Gasteiger partial charge < -0.3 is 23.9 Å². The van der Waals surface area contributed by atoms with Crippen molar-refractivity contribution >= 4 is 32.3 Å². The van der Waals surface area contributed by atoms with Crippen molar-refractivity contribution in [3.63, 3.8) is 0 Å². The zero-order chi connectivity index (χ0) is 3.58. The molecule has 0 heterocycles. The molecule has 0 aliphatic heterocycles. The average molecular weight is 121 g/mol. The minimum atomic E-state index is -2.44. The van der Waals surface area contributed by atoms with Crippen LogP contribution in [-0.4, -0.2) is 12.2 Å². The van der Waals surface area contributed by atoms with Gasteiger partial charge in [-0.05, 0) is 0 Å². The molecule has 0 saturated heterocycles. The summed E-state index contributed by atoms with van der Waals surface area (Å²) in [5.41, 5.74) is 0. The van der Waals surface area contributed by atoms with Crippen molar-refractivity contribution in [3.05, 3.63) is 0 Å². The van der Waals surface area contributed by atoms with Gasteiger partial charge in [-0.25, -0.2) is 0 Å². The van der Waals surface area contributed by atoms with Crippen molar-refractivity contribution in [2.24, 2.45) is 0 Å². The molecular weight excluding hydrogens is 121 g/mol. The van der Waals surface area contributed by atoms with E-state index in [9.17, 15) is 3.80 Å². The molecule has 5 heteroatoms. The summed E-state index contributed by atoms with van der Waals surface area (Å²) in [4.78, 5) is 0. The zero-order valence-electron chi connectivity index (χ0n) is 2.74. The third-order valence-corrected chi connectivity index (χ3v) is 0. The molecule has 0 N–H and O–H groups in total. The van der Waals surface area contributed by atoms with Crippen molar-refractivity contribution in [2.75, 3.05) is 0 Å². The average Bonchev–Trinajstić information content (AvgIpc) is 0.811. The Hall–Kier alpha value is 1.51. The maximum atomic E-state index is 9.20. The van der Waals surface area contributed by atoms with E-state index >= 15 is 0 Å². The van der Waals surface area contributed by atoms with Gasteiger partial charge in [0.05, 0.1) is 0 Å². The fourth-order valence-electron chi connectivity index (χ4n) is 0. The van der Waals surface area contributed by atoms with Crippen LogP contribution >= 0.6 is 20.1 Å². The maximum absolute atomic E-state index is 9.20. The molecule has 0 aliphatic rings. The van der Waals surface area contributed by atoms with Crippen LogP contribution in [0.3, 0.4) is 0 Å². The van der Waals surface area contributed by atoms with E-state index in [1.165, 1.54) is 0 Å². The Morgan fingerprint density at radius 2 is 1.40 bits per heavy atom. The molecule has 0 aliphatic carbocycles. The molecule has 0 unspecified atom stereocenters. The second-order valence-corrected chi connectivity index (χ2v) is 3.83. The summed E-state index contributed by atoms with van der Waals surface area (Å²) in [5, 5.41) is 0. The first-order valence-electron chi connectivity index (χ1n) is 0.672. The first-order chi connectivity index (χ1) is 1.73. The molecule has 5 heavy (non-hydrogen) atoms. The van der Waals surface area contributed by atoms with Crippen LogP contribution in [0.25, 0.3) is 0 Å². The second-order valence-electron chi connectivity index (χ2n) is 0.261. The van der Waals surface area contributed by atoms with E-state index in [0.717, 1.165) is 0 Å². The Kier molecular flexibility index (Phi) is 10.7. The Morgan fingerprint density at radius 3 is 1.40 bits per heavy atom. The SMILES string of the molecule is [Li+].[O]=[Al-]([Cl])[Cl]. The van der Waals surface area contributed by atoms with E-state index in [0.29, 0.717) is 0 Å². The third-order valence-electron chi connectivity index (χ3n) is 0. The molecule has 0 aromatic heterocycles. The molecule has 0 saturated carbocycles. The molecular formula is AlCl2LiO. The van der Waals surface area contributed by atoms with E-state index in [1.54, 1.807) is 0 Å². The standard InChI is InChI=1S/Al.2ClH.Li.O/h;2*1H;;/q+1;;;+1;/p-2. The van der Waals surface area contributed by atoms with E-state index in [1.807, 2.05) is 0 Å².